The van der Waals surface area contributed by atoms with Gasteiger partial charge in [-0.2, -0.15) is 0 Å². The molecule has 0 radical (unpaired) electrons. The molecule has 32 heavy (non-hydrogen) atoms. The number of amides is 2. The maximum Gasteiger partial charge on any atom is 0.261 e. The Morgan fingerprint density at radius 1 is 1.09 bits per heavy atom. The average molecular weight is 566 g/mol. The van der Waals surface area contributed by atoms with Crippen LogP contribution in [0, 0.1) is 13.8 Å². The summed E-state index contributed by atoms with van der Waals surface area (Å²) in [4.78, 5) is 27.7. The van der Waals surface area contributed by atoms with Crippen LogP contribution in [-0.2, 0) is 16.1 Å². The van der Waals surface area contributed by atoms with Crippen molar-refractivity contribution in [2.45, 2.75) is 65.1 Å². The van der Waals surface area contributed by atoms with Crippen molar-refractivity contribution in [3.05, 3.63) is 62.0 Å². The monoisotopic (exact) mass is 564 g/mol. The van der Waals surface area contributed by atoms with Crippen LogP contribution >= 0.6 is 31.9 Å². The second-order valence-electron chi connectivity index (χ2n) is 8.47. The fraction of sp³-hybridized carbons (Fsp3) is 0.440. The zero-order chi connectivity index (χ0) is 23.3. The summed E-state index contributed by atoms with van der Waals surface area (Å²) in [6, 6.07) is 11.2. The number of rotatable bonds is 8. The normalized spacial score (nSPS) is 14.8. The van der Waals surface area contributed by atoms with Gasteiger partial charge in [0.1, 0.15) is 11.8 Å². The first-order valence-corrected chi connectivity index (χ1v) is 12.6. The molecule has 2 aromatic rings. The van der Waals surface area contributed by atoms with E-state index in [1.807, 2.05) is 50.2 Å². The van der Waals surface area contributed by atoms with Gasteiger partial charge in [0, 0.05) is 21.5 Å². The van der Waals surface area contributed by atoms with E-state index in [2.05, 4.69) is 37.2 Å². The molecule has 2 amide bonds. The molecule has 0 bridgehead atoms. The number of ether oxygens (including phenoxy) is 1. The lowest BCUT2D eigenvalue weighted by molar-refractivity contribution is -0.142. The fourth-order valence-electron chi connectivity index (χ4n) is 3.98. The van der Waals surface area contributed by atoms with Crippen LogP contribution < -0.4 is 10.1 Å². The van der Waals surface area contributed by atoms with Gasteiger partial charge >= 0.3 is 0 Å². The average Bonchev–Trinajstić information content (AvgIpc) is 3.27. The highest BCUT2D eigenvalue weighted by molar-refractivity contribution is 9.10. The van der Waals surface area contributed by atoms with Gasteiger partial charge in [-0.25, -0.2) is 0 Å². The minimum atomic E-state index is -0.594. The molecule has 172 valence electrons. The van der Waals surface area contributed by atoms with Gasteiger partial charge in [-0.15, -0.1) is 0 Å². The topological polar surface area (TPSA) is 58.6 Å². The number of aryl methyl sites for hydroxylation is 2. The highest BCUT2D eigenvalue weighted by Crippen LogP contribution is 2.26. The number of hydrogen-bond donors (Lipinski definition) is 1. The molecular formula is C25H30Br2N2O3. The molecule has 0 aromatic heterocycles. The second kappa shape index (κ2) is 11.3. The molecule has 1 unspecified atom stereocenters. The smallest absolute Gasteiger partial charge is 0.261 e. The van der Waals surface area contributed by atoms with Crippen LogP contribution in [-0.4, -0.2) is 35.4 Å². The molecular weight excluding hydrogens is 536 g/mol. The number of carbonyl (C=O) groups is 2. The third-order valence-corrected chi connectivity index (χ3v) is 7.69. The Hall–Kier alpha value is -1.86. The molecule has 0 aliphatic heterocycles. The quantitative estimate of drug-likeness (QED) is 0.448. The summed E-state index contributed by atoms with van der Waals surface area (Å²) >= 11 is 6.99. The van der Waals surface area contributed by atoms with Gasteiger partial charge in [0.2, 0.25) is 5.91 Å². The molecule has 1 aliphatic rings. The van der Waals surface area contributed by atoms with E-state index in [1.54, 1.807) is 11.8 Å². The van der Waals surface area contributed by atoms with Crippen LogP contribution in [0.2, 0.25) is 0 Å². The van der Waals surface area contributed by atoms with Crippen LogP contribution in [0.4, 0.5) is 0 Å². The predicted octanol–water partition coefficient (Wildman–Crippen LogP) is 5.68. The van der Waals surface area contributed by atoms with E-state index >= 15 is 0 Å². The molecule has 3 rings (SSSR count). The van der Waals surface area contributed by atoms with Crippen LogP contribution in [0.3, 0.4) is 0 Å². The van der Waals surface area contributed by atoms with E-state index in [0.717, 1.165) is 51.3 Å². The van der Waals surface area contributed by atoms with E-state index in [4.69, 9.17) is 4.74 Å². The molecule has 1 N–H and O–H groups in total. The SMILES string of the molecule is Cc1cc(OCC(=O)N(Cc2ccc(Br)cc2)C(C)C(=O)NC2CCCC2)cc(C)c1Br. The summed E-state index contributed by atoms with van der Waals surface area (Å²) in [5.74, 6) is 0.307. The number of nitrogens with zero attached hydrogens (tertiary/aromatic N) is 1. The Bertz CT molecular complexity index is 933. The Kier molecular flexibility index (Phi) is 8.77. The van der Waals surface area contributed by atoms with Crippen LogP contribution in [0.25, 0.3) is 0 Å². The molecule has 1 aliphatic carbocycles. The Balaban J connectivity index is 1.73. The van der Waals surface area contributed by atoms with Gasteiger partial charge in [-0.05, 0) is 74.6 Å². The molecule has 1 atom stereocenters. The lowest BCUT2D eigenvalue weighted by atomic mass is 10.1. The van der Waals surface area contributed by atoms with Crippen LogP contribution in [0.15, 0.2) is 45.3 Å². The van der Waals surface area contributed by atoms with Crippen LogP contribution in [0.1, 0.15) is 49.3 Å². The van der Waals surface area contributed by atoms with Crippen molar-refractivity contribution in [2.75, 3.05) is 6.61 Å². The van der Waals surface area contributed by atoms with Gasteiger partial charge in [0.05, 0.1) is 0 Å². The summed E-state index contributed by atoms with van der Waals surface area (Å²) in [5, 5.41) is 3.12. The summed E-state index contributed by atoms with van der Waals surface area (Å²) < 4.78 is 7.83. The van der Waals surface area contributed by atoms with Gasteiger partial charge in [-0.1, -0.05) is 56.8 Å². The highest BCUT2D eigenvalue weighted by atomic mass is 79.9. The molecule has 0 heterocycles. The largest absolute Gasteiger partial charge is 0.484 e. The summed E-state index contributed by atoms with van der Waals surface area (Å²) in [5.41, 5.74) is 3.05. The molecule has 2 aromatic carbocycles. The first-order valence-electron chi connectivity index (χ1n) is 11.0. The minimum Gasteiger partial charge on any atom is -0.484 e. The summed E-state index contributed by atoms with van der Waals surface area (Å²) in [6.07, 6.45) is 4.29. The number of carbonyl (C=O) groups excluding carboxylic acids is 2. The van der Waals surface area contributed by atoms with Crippen LogP contribution in [0.5, 0.6) is 5.75 Å². The lowest BCUT2D eigenvalue weighted by Gasteiger charge is -2.29. The van der Waals surface area contributed by atoms with Crippen molar-refractivity contribution >= 4 is 43.7 Å². The zero-order valence-electron chi connectivity index (χ0n) is 18.8. The Labute approximate surface area is 207 Å². The minimum absolute atomic E-state index is 0.113. The molecule has 1 saturated carbocycles. The number of hydrogen-bond acceptors (Lipinski definition) is 3. The van der Waals surface area contributed by atoms with E-state index in [-0.39, 0.29) is 24.5 Å². The lowest BCUT2D eigenvalue weighted by Crippen LogP contribution is -2.50. The first-order chi connectivity index (χ1) is 15.2. The first kappa shape index (κ1) is 24.8. The van der Waals surface area contributed by atoms with E-state index in [0.29, 0.717) is 12.3 Å². The van der Waals surface area contributed by atoms with Crippen molar-refractivity contribution in [1.82, 2.24) is 10.2 Å². The van der Waals surface area contributed by atoms with Crippen molar-refractivity contribution in [3.8, 4) is 5.75 Å². The van der Waals surface area contributed by atoms with E-state index < -0.39 is 6.04 Å². The highest BCUT2D eigenvalue weighted by Gasteiger charge is 2.28. The summed E-state index contributed by atoms with van der Waals surface area (Å²) in [6.45, 7) is 5.97. The van der Waals surface area contributed by atoms with Gasteiger partial charge in [0.25, 0.3) is 5.91 Å². The van der Waals surface area contributed by atoms with E-state index in [9.17, 15) is 9.59 Å². The number of nitrogens with one attached hydrogen (secondary N) is 1. The molecule has 0 spiro atoms. The standard InChI is InChI=1S/C25H30Br2N2O3/c1-16-12-22(13-17(2)24(16)27)32-15-23(30)29(14-19-8-10-20(26)11-9-19)18(3)25(31)28-21-6-4-5-7-21/h8-13,18,21H,4-7,14-15H2,1-3H3,(H,28,31). The number of halogens is 2. The molecule has 0 saturated heterocycles. The molecule has 7 heteroatoms. The third kappa shape index (κ3) is 6.58. The zero-order valence-corrected chi connectivity index (χ0v) is 22.0. The van der Waals surface area contributed by atoms with Gasteiger partial charge in [0.15, 0.2) is 6.61 Å². The Morgan fingerprint density at radius 3 is 2.28 bits per heavy atom. The van der Waals surface area contributed by atoms with Crippen molar-refractivity contribution in [2.24, 2.45) is 0 Å². The molecule has 1 fully saturated rings. The van der Waals surface area contributed by atoms with Crippen molar-refractivity contribution < 1.29 is 14.3 Å². The van der Waals surface area contributed by atoms with E-state index in [1.165, 1.54) is 0 Å². The molecule has 5 nitrogen and oxygen atoms in total. The number of benzene rings is 2. The van der Waals surface area contributed by atoms with Gasteiger partial charge < -0.3 is 15.0 Å². The maximum absolute atomic E-state index is 13.2. The second-order valence-corrected chi connectivity index (χ2v) is 10.2. The van der Waals surface area contributed by atoms with Crippen molar-refractivity contribution in [3.63, 3.8) is 0 Å². The third-order valence-electron chi connectivity index (χ3n) is 5.91. The van der Waals surface area contributed by atoms with Gasteiger partial charge in [-0.3, -0.25) is 9.59 Å². The fourth-order valence-corrected chi connectivity index (χ4v) is 4.47. The van der Waals surface area contributed by atoms with Crippen molar-refractivity contribution in [1.29, 1.82) is 0 Å². The summed E-state index contributed by atoms with van der Waals surface area (Å²) in [7, 11) is 0. The predicted molar refractivity (Wildman–Crippen MR) is 134 cm³/mol. The Morgan fingerprint density at radius 2 is 1.69 bits per heavy atom. The maximum atomic E-state index is 13.2.